The number of amides is 1. The summed E-state index contributed by atoms with van der Waals surface area (Å²) in [5.41, 5.74) is 1.62. The maximum absolute atomic E-state index is 13.3. The van der Waals surface area contributed by atoms with Crippen LogP contribution in [-0.2, 0) is 0 Å². The molecule has 4 rings (SSSR count). The molecule has 0 spiro atoms. The second kappa shape index (κ2) is 7.40. The summed E-state index contributed by atoms with van der Waals surface area (Å²) in [5.74, 6) is 2.83. The Morgan fingerprint density at radius 2 is 2.12 bits per heavy atom. The first-order valence-corrected chi connectivity index (χ1v) is 10.2. The van der Waals surface area contributed by atoms with Crippen LogP contribution < -0.4 is 14.2 Å². The number of thioether (sulfide) groups is 1. The zero-order valence-electron chi connectivity index (χ0n) is 14.2. The Hall–Kier alpha value is -1.86. The molecule has 0 N–H and O–H groups in total. The summed E-state index contributed by atoms with van der Waals surface area (Å²) in [5, 5.41) is -0.0370. The van der Waals surface area contributed by atoms with E-state index in [-0.39, 0.29) is 11.3 Å². The molecule has 2 aromatic rings. The van der Waals surface area contributed by atoms with E-state index in [1.807, 2.05) is 35.2 Å². The third-order valence-corrected chi connectivity index (χ3v) is 6.29. The Morgan fingerprint density at radius 1 is 1.27 bits per heavy atom. The van der Waals surface area contributed by atoms with Crippen LogP contribution >= 0.6 is 27.7 Å². The lowest BCUT2D eigenvalue weighted by Gasteiger charge is -2.27. The van der Waals surface area contributed by atoms with Crippen molar-refractivity contribution < 1.29 is 19.0 Å². The normalized spacial score (nSPS) is 18.7. The third-order valence-electron chi connectivity index (χ3n) is 4.41. The van der Waals surface area contributed by atoms with Crippen molar-refractivity contribution >= 4 is 33.6 Å². The molecule has 26 heavy (non-hydrogen) atoms. The van der Waals surface area contributed by atoms with Crippen LogP contribution in [0.3, 0.4) is 0 Å². The van der Waals surface area contributed by atoms with Gasteiger partial charge < -0.3 is 19.1 Å². The molecule has 0 saturated carbocycles. The summed E-state index contributed by atoms with van der Waals surface area (Å²) in [4.78, 5) is 15.1. The number of nitrogens with zero attached hydrogens (tertiary/aromatic N) is 1. The summed E-state index contributed by atoms with van der Waals surface area (Å²) < 4.78 is 17.5. The second-order valence-electron chi connectivity index (χ2n) is 5.95. The first-order chi connectivity index (χ1) is 12.7. The molecule has 5 nitrogen and oxygen atoms in total. The molecule has 2 heterocycles. The molecule has 1 atom stereocenters. The average Bonchev–Trinajstić information content (AvgIpc) is 3.16. The molecule has 7 heteroatoms. The molecule has 0 radical (unpaired) electrons. The van der Waals surface area contributed by atoms with E-state index in [4.69, 9.17) is 14.2 Å². The van der Waals surface area contributed by atoms with Gasteiger partial charge in [0.25, 0.3) is 5.91 Å². The summed E-state index contributed by atoms with van der Waals surface area (Å²) in [6, 6.07) is 11.4. The molecule has 2 aliphatic heterocycles. The summed E-state index contributed by atoms with van der Waals surface area (Å²) >= 11 is 5.29. The number of carbonyl (C=O) groups excluding carboxylic acids is 1. The maximum Gasteiger partial charge on any atom is 0.258 e. The molecule has 1 amide bonds. The van der Waals surface area contributed by atoms with Crippen molar-refractivity contribution in [2.45, 2.75) is 5.37 Å². The van der Waals surface area contributed by atoms with Crippen LogP contribution in [0.1, 0.15) is 21.3 Å². The number of hydrogen-bond donors (Lipinski definition) is 0. The van der Waals surface area contributed by atoms with Crippen molar-refractivity contribution in [1.29, 1.82) is 0 Å². The predicted octanol–water partition coefficient (Wildman–Crippen LogP) is 4.12. The Kier molecular flexibility index (Phi) is 5.00. The molecule has 2 aromatic carbocycles. The van der Waals surface area contributed by atoms with Crippen molar-refractivity contribution in [2.24, 2.45) is 0 Å². The van der Waals surface area contributed by atoms with Crippen LogP contribution in [0.25, 0.3) is 0 Å². The fourth-order valence-electron chi connectivity index (χ4n) is 3.19. The molecule has 1 saturated heterocycles. The zero-order chi connectivity index (χ0) is 18.1. The monoisotopic (exact) mass is 435 g/mol. The predicted molar refractivity (Wildman–Crippen MR) is 104 cm³/mol. The lowest BCUT2D eigenvalue weighted by Crippen LogP contribution is -2.31. The number of benzene rings is 2. The summed E-state index contributed by atoms with van der Waals surface area (Å²) in [6.07, 6.45) is 0. The van der Waals surface area contributed by atoms with E-state index < -0.39 is 0 Å². The van der Waals surface area contributed by atoms with E-state index in [1.54, 1.807) is 24.9 Å². The number of carbonyl (C=O) groups is 1. The number of ether oxygens (including phenoxy) is 3. The Bertz CT molecular complexity index is 844. The van der Waals surface area contributed by atoms with Crippen LogP contribution in [-0.4, -0.2) is 43.4 Å². The molecule has 0 aliphatic carbocycles. The molecular weight excluding hydrogens is 418 g/mol. The van der Waals surface area contributed by atoms with Crippen molar-refractivity contribution in [3.05, 3.63) is 52.0 Å². The Labute approximate surface area is 164 Å². The van der Waals surface area contributed by atoms with E-state index >= 15 is 0 Å². The summed E-state index contributed by atoms with van der Waals surface area (Å²) in [6.45, 7) is 1.66. The van der Waals surface area contributed by atoms with Crippen molar-refractivity contribution in [3.8, 4) is 17.2 Å². The van der Waals surface area contributed by atoms with Gasteiger partial charge in [0.1, 0.15) is 24.3 Å². The zero-order valence-corrected chi connectivity index (χ0v) is 16.6. The van der Waals surface area contributed by atoms with Gasteiger partial charge in [-0.05, 0) is 45.8 Å². The van der Waals surface area contributed by atoms with Gasteiger partial charge in [-0.1, -0.05) is 12.1 Å². The lowest BCUT2D eigenvalue weighted by atomic mass is 10.1. The molecule has 0 aromatic heterocycles. The fourth-order valence-corrected chi connectivity index (χ4v) is 4.99. The minimum absolute atomic E-state index is 0.0331. The molecule has 2 aliphatic rings. The van der Waals surface area contributed by atoms with Crippen LogP contribution in [0.15, 0.2) is 40.9 Å². The maximum atomic E-state index is 13.3. The van der Waals surface area contributed by atoms with Gasteiger partial charge in [-0.15, -0.1) is 11.8 Å². The number of hydrogen-bond acceptors (Lipinski definition) is 5. The van der Waals surface area contributed by atoms with Gasteiger partial charge in [0, 0.05) is 12.3 Å². The third kappa shape index (κ3) is 3.14. The lowest BCUT2D eigenvalue weighted by molar-refractivity contribution is 0.0749. The molecular formula is C19H18BrNO4S. The number of rotatable bonds is 3. The van der Waals surface area contributed by atoms with Crippen LogP contribution in [0.5, 0.6) is 17.2 Å². The number of halogens is 1. The van der Waals surface area contributed by atoms with E-state index in [0.717, 1.165) is 21.5 Å². The molecule has 1 fully saturated rings. The standard InChI is InChI=1S/C19H18BrNO4S/c1-23-15-6-5-12(11-14(15)20)19-21(7-10-26-19)18(22)13-3-2-4-16-17(13)25-9-8-24-16/h2-6,11,19H,7-10H2,1H3. The highest BCUT2D eigenvalue weighted by Gasteiger charge is 2.34. The largest absolute Gasteiger partial charge is 0.496 e. The smallest absolute Gasteiger partial charge is 0.258 e. The SMILES string of the molecule is COc1ccc(C2SCCN2C(=O)c2cccc3c2OCCO3)cc1Br. The minimum Gasteiger partial charge on any atom is -0.496 e. The van der Waals surface area contributed by atoms with Crippen LogP contribution in [0.4, 0.5) is 0 Å². The van der Waals surface area contributed by atoms with E-state index in [0.29, 0.717) is 36.8 Å². The fraction of sp³-hybridized carbons (Fsp3) is 0.316. The summed E-state index contributed by atoms with van der Waals surface area (Å²) in [7, 11) is 1.64. The van der Waals surface area contributed by atoms with E-state index in [1.165, 1.54) is 0 Å². The highest BCUT2D eigenvalue weighted by molar-refractivity contribution is 9.10. The van der Waals surface area contributed by atoms with Crippen molar-refractivity contribution in [3.63, 3.8) is 0 Å². The van der Waals surface area contributed by atoms with Gasteiger partial charge in [0.15, 0.2) is 11.5 Å². The number of methoxy groups -OCH3 is 1. The van der Waals surface area contributed by atoms with Gasteiger partial charge in [0.05, 0.1) is 17.1 Å². The van der Waals surface area contributed by atoms with E-state index in [2.05, 4.69) is 15.9 Å². The van der Waals surface area contributed by atoms with Gasteiger partial charge in [-0.3, -0.25) is 4.79 Å². The Balaban J connectivity index is 1.65. The number of para-hydroxylation sites is 1. The topological polar surface area (TPSA) is 48.0 Å². The Morgan fingerprint density at radius 3 is 2.92 bits per heavy atom. The number of fused-ring (bicyclic) bond motifs is 1. The van der Waals surface area contributed by atoms with Gasteiger partial charge in [-0.25, -0.2) is 0 Å². The van der Waals surface area contributed by atoms with Gasteiger partial charge >= 0.3 is 0 Å². The molecule has 136 valence electrons. The second-order valence-corrected chi connectivity index (χ2v) is 7.99. The first kappa shape index (κ1) is 17.5. The first-order valence-electron chi connectivity index (χ1n) is 8.33. The van der Waals surface area contributed by atoms with E-state index in [9.17, 15) is 4.79 Å². The van der Waals surface area contributed by atoms with Crippen LogP contribution in [0.2, 0.25) is 0 Å². The van der Waals surface area contributed by atoms with Crippen LogP contribution in [0, 0.1) is 0 Å². The average molecular weight is 436 g/mol. The van der Waals surface area contributed by atoms with Crippen molar-refractivity contribution in [1.82, 2.24) is 4.90 Å². The highest BCUT2D eigenvalue weighted by Crippen LogP contribution is 2.43. The van der Waals surface area contributed by atoms with Gasteiger partial charge in [-0.2, -0.15) is 0 Å². The quantitative estimate of drug-likeness (QED) is 0.725. The highest BCUT2D eigenvalue weighted by atomic mass is 79.9. The minimum atomic E-state index is -0.0370. The van der Waals surface area contributed by atoms with Crippen molar-refractivity contribution in [2.75, 3.05) is 32.6 Å². The molecule has 1 unspecified atom stereocenters. The van der Waals surface area contributed by atoms with Gasteiger partial charge in [0.2, 0.25) is 0 Å². The molecule has 0 bridgehead atoms.